The maximum Gasteiger partial charge on any atom is 0.117 e. The highest BCUT2D eigenvalue weighted by Gasteiger charge is 2.05. The van der Waals surface area contributed by atoms with E-state index in [0.29, 0.717) is 5.76 Å². The molecule has 0 amide bonds. The van der Waals surface area contributed by atoms with Gasteiger partial charge in [-0.2, -0.15) is 0 Å². The van der Waals surface area contributed by atoms with Crippen LogP contribution in [0.5, 0.6) is 0 Å². The molecule has 0 aliphatic heterocycles. The van der Waals surface area contributed by atoms with E-state index in [1.807, 2.05) is 19.3 Å². The van der Waals surface area contributed by atoms with Crippen LogP contribution in [0.2, 0.25) is 0 Å². The highest BCUT2D eigenvalue weighted by Crippen LogP contribution is 2.13. The predicted molar refractivity (Wildman–Crippen MR) is 53.2 cm³/mol. The summed E-state index contributed by atoms with van der Waals surface area (Å²) in [6.07, 6.45) is 1.35. The number of hydrogen-bond donors (Lipinski definition) is 2. The molecule has 0 saturated heterocycles. The van der Waals surface area contributed by atoms with Crippen LogP contribution in [0.15, 0.2) is 36.3 Å². The van der Waals surface area contributed by atoms with E-state index in [1.165, 1.54) is 6.20 Å². The summed E-state index contributed by atoms with van der Waals surface area (Å²) >= 11 is 0. The summed E-state index contributed by atoms with van der Waals surface area (Å²) in [4.78, 5) is 0. The fourth-order valence-corrected chi connectivity index (χ4v) is 0.584. The van der Waals surface area contributed by atoms with Crippen LogP contribution in [0, 0.1) is 0 Å². The number of allylic oxidation sites excluding steroid dienone is 1. The highest BCUT2D eigenvalue weighted by molar-refractivity contribution is 5.20. The lowest BCUT2D eigenvalue weighted by atomic mass is 10.2. The Balaban J connectivity index is 4.15. The molecule has 0 saturated carbocycles. The standard InChI is InChI=1S/C10H17NO2/c1-7(2)9(4)13-10(5)8(3)6-11-12/h6,9,11-12H,1,5H2,2-4H3/b8-6-. The average molecular weight is 183 g/mol. The molecule has 0 fully saturated rings. The first-order chi connectivity index (χ1) is 5.99. The fourth-order valence-electron chi connectivity index (χ4n) is 0.584. The van der Waals surface area contributed by atoms with Crippen molar-refractivity contribution < 1.29 is 9.94 Å². The van der Waals surface area contributed by atoms with Gasteiger partial charge in [0.2, 0.25) is 0 Å². The van der Waals surface area contributed by atoms with E-state index in [2.05, 4.69) is 13.2 Å². The summed E-state index contributed by atoms with van der Waals surface area (Å²) in [5.41, 5.74) is 3.61. The second kappa shape index (κ2) is 5.43. The first-order valence-electron chi connectivity index (χ1n) is 4.06. The first kappa shape index (κ1) is 11.8. The third-order valence-corrected chi connectivity index (χ3v) is 1.73. The molecule has 0 spiro atoms. The second-order valence-corrected chi connectivity index (χ2v) is 2.99. The highest BCUT2D eigenvalue weighted by atomic mass is 16.5. The van der Waals surface area contributed by atoms with Crippen LogP contribution in [0.3, 0.4) is 0 Å². The van der Waals surface area contributed by atoms with Gasteiger partial charge in [-0.3, -0.25) is 10.7 Å². The van der Waals surface area contributed by atoms with Crippen molar-refractivity contribution in [3.8, 4) is 0 Å². The molecular formula is C10H17NO2. The lowest BCUT2D eigenvalue weighted by Crippen LogP contribution is -2.09. The van der Waals surface area contributed by atoms with Gasteiger partial charge in [0.25, 0.3) is 0 Å². The van der Waals surface area contributed by atoms with Gasteiger partial charge >= 0.3 is 0 Å². The topological polar surface area (TPSA) is 41.5 Å². The fraction of sp³-hybridized carbons (Fsp3) is 0.400. The Bertz CT molecular complexity index is 231. The normalized spacial score (nSPS) is 13.4. The minimum absolute atomic E-state index is 0.0606. The molecule has 1 unspecified atom stereocenters. The smallest absolute Gasteiger partial charge is 0.117 e. The van der Waals surface area contributed by atoms with Gasteiger partial charge in [0.15, 0.2) is 0 Å². The Morgan fingerprint density at radius 2 is 2.00 bits per heavy atom. The zero-order valence-electron chi connectivity index (χ0n) is 8.42. The molecular weight excluding hydrogens is 166 g/mol. The van der Waals surface area contributed by atoms with E-state index in [-0.39, 0.29) is 6.10 Å². The minimum Gasteiger partial charge on any atom is -0.487 e. The van der Waals surface area contributed by atoms with Gasteiger partial charge in [-0.15, -0.1) is 0 Å². The van der Waals surface area contributed by atoms with Crippen LogP contribution in [-0.2, 0) is 4.74 Å². The molecule has 0 aromatic heterocycles. The molecule has 0 aliphatic carbocycles. The molecule has 0 bridgehead atoms. The van der Waals surface area contributed by atoms with Crippen LogP contribution in [-0.4, -0.2) is 11.3 Å². The summed E-state index contributed by atoms with van der Waals surface area (Å²) in [5.74, 6) is 0.525. The molecule has 0 radical (unpaired) electrons. The third-order valence-electron chi connectivity index (χ3n) is 1.73. The van der Waals surface area contributed by atoms with Crippen molar-refractivity contribution in [1.29, 1.82) is 0 Å². The van der Waals surface area contributed by atoms with Gasteiger partial charge in [-0.25, -0.2) is 0 Å². The van der Waals surface area contributed by atoms with E-state index in [9.17, 15) is 0 Å². The molecule has 0 heterocycles. The lowest BCUT2D eigenvalue weighted by molar-refractivity contribution is 0.166. The molecule has 0 aromatic carbocycles. The first-order valence-corrected chi connectivity index (χ1v) is 4.06. The van der Waals surface area contributed by atoms with Crippen LogP contribution in [0.1, 0.15) is 20.8 Å². The molecule has 3 nitrogen and oxygen atoms in total. The Morgan fingerprint density at radius 1 is 1.46 bits per heavy atom. The van der Waals surface area contributed by atoms with E-state index in [1.54, 1.807) is 6.92 Å². The van der Waals surface area contributed by atoms with Crippen molar-refractivity contribution >= 4 is 0 Å². The summed E-state index contributed by atoms with van der Waals surface area (Å²) in [7, 11) is 0. The van der Waals surface area contributed by atoms with Crippen molar-refractivity contribution in [3.05, 3.63) is 36.3 Å². The molecule has 74 valence electrons. The average Bonchev–Trinajstić information content (AvgIpc) is 2.04. The van der Waals surface area contributed by atoms with Gasteiger partial charge in [0.05, 0.1) is 0 Å². The number of nitrogens with one attached hydrogen (secondary N) is 1. The largest absolute Gasteiger partial charge is 0.487 e. The maximum atomic E-state index is 8.39. The van der Waals surface area contributed by atoms with Crippen LogP contribution in [0.25, 0.3) is 0 Å². The monoisotopic (exact) mass is 183 g/mol. The number of ether oxygens (including phenoxy) is 1. The third kappa shape index (κ3) is 4.38. The van der Waals surface area contributed by atoms with E-state index in [0.717, 1.165) is 11.1 Å². The van der Waals surface area contributed by atoms with Gasteiger partial charge < -0.3 is 4.74 Å². The summed E-state index contributed by atoms with van der Waals surface area (Å²) in [6.45, 7) is 13.1. The van der Waals surface area contributed by atoms with Gasteiger partial charge in [0, 0.05) is 11.8 Å². The Morgan fingerprint density at radius 3 is 2.38 bits per heavy atom. The van der Waals surface area contributed by atoms with Crippen molar-refractivity contribution in [1.82, 2.24) is 5.48 Å². The Kier molecular flexibility index (Phi) is 4.92. The molecule has 2 N–H and O–H groups in total. The molecule has 0 aliphatic rings. The summed E-state index contributed by atoms with van der Waals surface area (Å²) in [6, 6.07) is 0. The molecule has 0 aromatic rings. The van der Waals surface area contributed by atoms with Gasteiger partial charge in [-0.05, 0) is 26.3 Å². The van der Waals surface area contributed by atoms with E-state index >= 15 is 0 Å². The number of hydrogen-bond acceptors (Lipinski definition) is 3. The summed E-state index contributed by atoms with van der Waals surface area (Å²) in [5, 5.41) is 8.39. The maximum absolute atomic E-state index is 8.39. The number of hydroxylamine groups is 1. The Labute approximate surface area is 79.4 Å². The predicted octanol–water partition coefficient (Wildman–Crippen LogP) is 2.36. The quantitative estimate of drug-likeness (QED) is 0.297. The van der Waals surface area contributed by atoms with E-state index < -0.39 is 0 Å². The SMILES string of the molecule is C=C(OC(C)C(=C)C)/C(C)=C\NO. The Hall–Kier alpha value is -1.22. The molecule has 3 heteroatoms. The lowest BCUT2D eigenvalue weighted by Gasteiger charge is -2.16. The van der Waals surface area contributed by atoms with Crippen molar-refractivity contribution in [2.75, 3.05) is 0 Å². The zero-order chi connectivity index (χ0) is 10.4. The zero-order valence-corrected chi connectivity index (χ0v) is 8.42. The van der Waals surface area contributed by atoms with Crippen LogP contribution in [0.4, 0.5) is 0 Å². The van der Waals surface area contributed by atoms with Gasteiger partial charge in [-0.1, -0.05) is 13.2 Å². The van der Waals surface area contributed by atoms with Crippen LogP contribution >= 0.6 is 0 Å². The van der Waals surface area contributed by atoms with Crippen molar-refractivity contribution in [2.45, 2.75) is 26.9 Å². The van der Waals surface area contributed by atoms with Crippen molar-refractivity contribution in [2.24, 2.45) is 0 Å². The number of rotatable bonds is 5. The van der Waals surface area contributed by atoms with Crippen molar-refractivity contribution in [3.63, 3.8) is 0 Å². The molecule has 1 atom stereocenters. The molecule has 0 rings (SSSR count). The second-order valence-electron chi connectivity index (χ2n) is 2.99. The van der Waals surface area contributed by atoms with Gasteiger partial charge in [0.1, 0.15) is 11.9 Å². The van der Waals surface area contributed by atoms with E-state index in [4.69, 9.17) is 9.94 Å². The van der Waals surface area contributed by atoms with Crippen LogP contribution < -0.4 is 5.48 Å². The summed E-state index contributed by atoms with van der Waals surface area (Å²) < 4.78 is 5.41. The minimum atomic E-state index is -0.0606. The molecule has 13 heavy (non-hydrogen) atoms.